The molecule has 0 saturated heterocycles. The standard InChI is InChI=1S/C28H50O4/c1-3-5-7-9-11-13-15-17-19-21-25-31-27(29)23-24-28(30)32-26-22-20-18-16-14-12-10-8-6-4-2/h21-22,25-26H,3-20,23-24H2,1-2H3. The monoisotopic (exact) mass is 450 g/mol. The lowest BCUT2D eigenvalue weighted by atomic mass is 10.1. The van der Waals surface area contributed by atoms with Crippen LogP contribution in [0.2, 0.25) is 0 Å². The fraction of sp³-hybridized carbons (Fsp3) is 0.786. The minimum absolute atomic E-state index is 0.0484. The molecule has 0 heterocycles. The first-order chi connectivity index (χ1) is 15.7. The maximum absolute atomic E-state index is 11.7. The third-order valence-corrected chi connectivity index (χ3v) is 5.57. The van der Waals surface area contributed by atoms with Gasteiger partial charge >= 0.3 is 11.9 Å². The zero-order valence-electron chi connectivity index (χ0n) is 21.1. The molecule has 0 rings (SSSR count). The van der Waals surface area contributed by atoms with E-state index in [9.17, 15) is 9.59 Å². The molecule has 0 aromatic rings. The van der Waals surface area contributed by atoms with Gasteiger partial charge in [-0.1, -0.05) is 104 Å². The van der Waals surface area contributed by atoms with Crippen LogP contribution in [0.15, 0.2) is 24.7 Å². The molecule has 0 aliphatic carbocycles. The minimum Gasteiger partial charge on any atom is -0.435 e. The summed E-state index contributed by atoms with van der Waals surface area (Å²) in [6, 6.07) is 0. The largest absolute Gasteiger partial charge is 0.435 e. The first-order valence-electron chi connectivity index (χ1n) is 13.4. The van der Waals surface area contributed by atoms with Gasteiger partial charge in [0.2, 0.25) is 0 Å². The van der Waals surface area contributed by atoms with Gasteiger partial charge in [0, 0.05) is 0 Å². The Morgan fingerprint density at radius 1 is 0.500 bits per heavy atom. The summed E-state index contributed by atoms with van der Waals surface area (Å²) >= 11 is 0. The van der Waals surface area contributed by atoms with Crippen molar-refractivity contribution in [2.75, 3.05) is 0 Å². The molecule has 32 heavy (non-hydrogen) atoms. The van der Waals surface area contributed by atoms with Crippen molar-refractivity contribution in [1.82, 2.24) is 0 Å². The molecule has 0 bridgehead atoms. The van der Waals surface area contributed by atoms with Gasteiger partial charge in [-0.3, -0.25) is 9.59 Å². The Hall–Kier alpha value is -1.58. The van der Waals surface area contributed by atoms with E-state index in [4.69, 9.17) is 9.47 Å². The van der Waals surface area contributed by atoms with E-state index in [2.05, 4.69) is 13.8 Å². The van der Waals surface area contributed by atoms with Crippen molar-refractivity contribution in [3.63, 3.8) is 0 Å². The molecule has 0 fully saturated rings. The van der Waals surface area contributed by atoms with Crippen molar-refractivity contribution in [2.45, 2.75) is 142 Å². The van der Waals surface area contributed by atoms with Crippen LogP contribution < -0.4 is 0 Å². The summed E-state index contributed by atoms with van der Waals surface area (Å²) in [4.78, 5) is 23.3. The molecule has 186 valence electrons. The fourth-order valence-corrected chi connectivity index (χ4v) is 3.50. The molecule has 4 heteroatoms. The van der Waals surface area contributed by atoms with Gasteiger partial charge in [0.15, 0.2) is 0 Å². The Morgan fingerprint density at radius 2 is 0.812 bits per heavy atom. The zero-order valence-corrected chi connectivity index (χ0v) is 21.1. The van der Waals surface area contributed by atoms with E-state index < -0.39 is 11.9 Å². The highest BCUT2D eigenvalue weighted by atomic mass is 16.5. The van der Waals surface area contributed by atoms with Gasteiger partial charge in [-0.2, -0.15) is 0 Å². The van der Waals surface area contributed by atoms with Crippen molar-refractivity contribution in [1.29, 1.82) is 0 Å². The highest BCUT2D eigenvalue weighted by molar-refractivity contribution is 5.78. The van der Waals surface area contributed by atoms with E-state index in [1.54, 1.807) is 0 Å². The Labute approximate surface area is 198 Å². The van der Waals surface area contributed by atoms with E-state index >= 15 is 0 Å². The van der Waals surface area contributed by atoms with Crippen LogP contribution in [-0.4, -0.2) is 11.9 Å². The predicted molar refractivity (Wildman–Crippen MR) is 134 cm³/mol. The van der Waals surface area contributed by atoms with Crippen LogP contribution in [0.25, 0.3) is 0 Å². The lowest BCUT2D eigenvalue weighted by Gasteiger charge is -2.01. The zero-order chi connectivity index (χ0) is 23.5. The number of unbranched alkanes of at least 4 members (excludes halogenated alkanes) is 16. The molecule has 0 aromatic carbocycles. The summed E-state index contributed by atoms with van der Waals surface area (Å²) in [7, 11) is 0. The van der Waals surface area contributed by atoms with Crippen molar-refractivity contribution in [2.24, 2.45) is 0 Å². The van der Waals surface area contributed by atoms with E-state index in [0.29, 0.717) is 0 Å². The Morgan fingerprint density at radius 3 is 1.16 bits per heavy atom. The van der Waals surface area contributed by atoms with E-state index in [-0.39, 0.29) is 12.8 Å². The second-order valence-electron chi connectivity index (χ2n) is 8.75. The summed E-state index contributed by atoms with van der Waals surface area (Å²) in [6.07, 6.45) is 29.2. The van der Waals surface area contributed by atoms with Gasteiger partial charge < -0.3 is 9.47 Å². The summed E-state index contributed by atoms with van der Waals surface area (Å²) in [5, 5.41) is 0. The van der Waals surface area contributed by atoms with Crippen LogP contribution in [-0.2, 0) is 19.1 Å². The van der Waals surface area contributed by atoms with Gasteiger partial charge in [0.25, 0.3) is 0 Å². The Balaban J connectivity index is 3.47. The predicted octanol–water partition coefficient (Wildman–Crippen LogP) is 8.94. The molecule has 0 unspecified atom stereocenters. The van der Waals surface area contributed by atoms with Gasteiger partial charge in [-0.25, -0.2) is 0 Å². The number of esters is 2. The van der Waals surface area contributed by atoms with Crippen LogP contribution in [0.1, 0.15) is 142 Å². The SMILES string of the molecule is CCCCCCCCCCC=COC(=O)CCC(=O)OC=CCCCCCCCCCC. The Kier molecular flexibility index (Phi) is 24.4. The highest BCUT2D eigenvalue weighted by Crippen LogP contribution is 2.11. The van der Waals surface area contributed by atoms with Gasteiger partial charge in [0.05, 0.1) is 25.4 Å². The molecule has 0 aliphatic heterocycles. The maximum Gasteiger partial charge on any atom is 0.311 e. The molecular formula is C28H50O4. The van der Waals surface area contributed by atoms with Crippen LogP contribution in [0.3, 0.4) is 0 Å². The fourth-order valence-electron chi connectivity index (χ4n) is 3.50. The van der Waals surface area contributed by atoms with Crippen LogP contribution >= 0.6 is 0 Å². The molecule has 0 spiro atoms. The van der Waals surface area contributed by atoms with Gasteiger partial charge in [0.1, 0.15) is 0 Å². The van der Waals surface area contributed by atoms with Crippen molar-refractivity contribution < 1.29 is 19.1 Å². The first-order valence-corrected chi connectivity index (χ1v) is 13.4. The number of hydrogen-bond donors (Lipinski definition) is 0. The molecule has 0 atom stereocenters. The number of carbonyl (C=O) groups is 2. The number of ether oxygens (including phenoxy) is 2. The molecule has 0 N–H and O–H groups in total. The van der Waals surface area contributed by atoms with E-state index in [1.807, 2.05) is 12.2 Å². The molecule has 0 aromatic heterocycles. The van der Waals surface area contributed by atoms with Crippen molar-refractivity contribution in [3.05, 3.63) is 24.7 Å². The molecule has 4 nitrogen and oxygen atoms in total. The number of allylic oxidation sites excluding steroid dienone is 2. The highest BCUT2D eigenvalue weighted by Gasteiger charge is 2.07. The second kappa shape index (κ2) is 25.7. The molecule has 0 amide bonds. The van der Waals surface area contributed by atoms with Crippen molar-refractivity contribution in [3.8, 4) is 0 Å². The summed E-state index contributed by atoms with van der Waals surface area (Å²) in [5.41, 5.74) is 0. The van der Waals surface area contributed by atoms with Crippen LogP contribution in [0.5, 0.6) is 0 Å². The summed E-state index contributed by atoms with van der Waals surface area (Å²) in [6.45, 7) is 4.48. The van der Waals surface area contributed by atoms with Gasteiger partial charge in [-0.05, 0) is 37.8 Å². The second-order valence-corrected chi connectivity index (χ2v) is 8.75. The van der Waals surface area contributed by atoms with Crippen molar-refractivity contribution >= 4 is 11.9 Å². The summed E-state index contributed by atoms with van der Waals surface area (Å²) in [5.74, 6) is -0.783. The number of carbonyl (C=O) groups excluding carboxylic acids is 2. The average Bonchev–Trinajstić information content (AvgIpc) is 2.79. The number of hydrogen-bond acceptors (Lipinski definition) is 4. The van der Waals surface area contributed by atoms with E-state index in [1.165, 1.54) is 102 Å². The quantitative estimate of drug-likeness (QED) is 0.0885. The lowest BCUT2D eigenvalue weighted by Crippen LogP contribution is -2.06. The minimum atomic E-state index is -0.392. The average molecular weight is 451 g/mol. The summed E-state index contributed by atoms with van der Waals surface area (Å²) < 4.78 is 10.1. The Bertz CT molecular complexity index is 438. The number of rotatable bonds is 23. The molecule has 0 aliphatic rings. The molecule has 0 radical (unpaired) electrons. The van der Waals surface area contributed by atoms with E-state index in [0.717, 1.165) is 25.7 Å². The third kappa shape index (κ3) is 24.7. The van der Waals surface area contributed by atoms with Crippen LogP contribution in [0, 0.1) is 0 Å². The molecule has 0 saturated carbocycles. The first kappa shape index (κ1) is 30.4. The maximum atomic E-state index is 11.7. The smallest absolute Gasteiger partial charge is 0.311 e. The molecular weight excluding hydrogens is 400 g/mol. The lowest BCUT2D eigenvalue weighted by molar-refractivity contribution is -0.144. The third-order valence-electron chi connectivity index (χ3n) is 5.57. The topological polar surface area (TPSA) is 52.6 Å². The van der Waals surface area contributed by atoms with Crippen LogP contribution in [0.4, 0.5) is 0 Å². The normalized spacial score (nSPS) is 11.4. The van der Waals surface area contributed by atoms with Gasteiger partial charge in [-0.15, -0.1) is 0 Å².